The Bertz CT molecular complexity index is 1130. The van der Waals surface area contributed by atoms with Crippen molar-refractivity contribution in [2.45, 2.75) is 19.9 Å². The number of aryl methyl sites for hydroxylation is 1. The zero-order chi connectivity index (χ0) is 21.5. The van der Waals surface area contributed by atoms with Crippen LogP contribution in [0.2, 0.25) is 0 Å². The molecule has 2 aromatic carbocycles. The first-order chi connectivity index (χ1) is 15.2. The molecule has 0 spiro atoms. The zero-order valence-electron chi connectivity index (χ0n) is 17.7. The highest BCUT2D eigenvalue weighted by atomic mass is 16.3. The molecule has 0 aliphatic rings. The summed E-state index contributed by atoms with van der Waals surface area (Å²) < 4.78 is 7.50. The molecular formula is C24H26N6O. The predicted octanol–water partition coefficient (Wildman–Crippen LogP) is 3.74. The molecule has 0 atom stereocenters. The highest BCUT2D eigenvalue weighted by Crippen LogP contribution is 2.19. The number of hydrogen-bond acceptors (Lipinski definition) is 4. The second kappa shape index (κ2) is 9.75. The third-order valence-corrected chi connectivity index (χ3v) is 4.87. The number of aliphatic imine (C=N–C) groups is 1. The van der Waals surface area contributed by atoms with Gasteiger partial charge in [-0.1, -0.05) is 35.9 Å². The maximum Gasteiger partial charge on any atom is 0.226 e. The Morgan fingerprint density at radius 3 is 2.65 bits per heavy atom. The van der Waals surface area contributed by atoms with Gasteiger partial charge in [0.05, 0.1) is 24.1 Å². The first-order valence-corrected chi connectivity index (χ1v) is 10.3. The lowest BCUT2D eigenvalue weighted by Gasteiger charge is -2.10. The summed E-state index contributed by atoms with van der Waals surface area (Å²) in [7, 11) is 1.75. The van der Waals surface area contributed by atoms with E-state index in [0.29, 0.717) is 12.4 Å². The first-order valence-electron chi connectivity index (χ1n) is 10.3. The van der Waals surface area contributed by atoms with Crippen molar-refractivity contribution in [3.8, 4) is 17.1 Å². The van der Waals surface area contributed by atoms with Gasteiger partial charge in [-0.25, -0.2) is 9.67 Å². The molecule has 31 heavy (non-hydrogen) atoms. The molecule has 7 nitrogen and oxygen atoms in total. The van der Waals surface area contributed by atoms with Gasteiger partial charge in [-0.2, -0.15) is 5.10 Å². The molecular weight excluding hydrogens is 388 g/mol. The third-order valence-electron chi connectivity index (χ3n) is 4.87. The minimum absolute atomic E-state index is 0.529. The number of para-hydroxylation sites is 1. The van der Waals surface area contributed by atoms with E-state index in [1.807, 2.05) is 65.5 Å². The van der Waals surface area contributed by atoms with Crippen molar-refractivity contribution in [3.05, 3.63) is 90.1 Å². The van der Waals surface area contributed by atoms with E-state index in [9.17, 15) is 0 Å². The molecule has 0 aliphatic carbocycles. The second-order valence-electron chi connectivity index (χ2n) is 7.24. The maximum absolute atomic E-state index is 5.61. The van der Waals surface area contributed by atoms with Gasteiger partial charge in [-0.15, -0.1) is 0 Å². The quantitative estimate of drug-likeness (QED) is 0.356. The van der Waals surface area contributed by atoms with E-state index in [4.69, 9.17) is 4.42 Å². The van der Waals surface area contributed by atoms with Crippen LogP contribution in [0.3, 0.4) is 0 Å². The van der Waals surface area contributed by atoms with Crippen molar-refractivity contribution < 1.29 is 4.42 Å². The summed E-state index contributed by atoms with van der Waals surface area (Å²) in [6.07, 6.45) is 6.46. The van der Waals surface area contributed by atoms with Crippen molar-refractivity contribution in [1.29, 1.82) is 0 Å². The van der Waals surface area contributed by atoms with Gasteiger partial charge >= 0.3 is 0 Å². The summed E-state index contributed by atoms with van der Waals surface area (Å²) in [5.74, 6) is 1.34. The molecule has 0 radical (unpaired) electrons. The van der Waals surface area contributed by atoms with Crippen molar-refractivity contribution in [3.63, 3.8) is 0 Å². The largest absolute Gasteiger partial charge is 0.444 e. The van der Waals surface area contributed by atoms with Gasteiger partial charge in [0.2, 0.25) is 5.89 Å². The van der Waals surface area contributed by atoms with Crippen LogP contribution in [-0.2, 0) is 13.0 Å². The molecule has 0 fully saturated rings. The second-order valence-corrected chi connectivity index (χ2v) is 7.24. The number of oxazole rings is 1. The van der Waals surface area contributed by atoms with Gasteiger partial charge in [-0.3, -0.25) is 4.99 Å². The van der Waals surface area contributed by atoms with Crippen LogP contribution in [0.25, 0.3) is 17.1 Å². The molecule has 0 saturated carbocycles. The van der Waals surface area contributed by atoms with Gasteiger partial charge in [0, 0.05) is 25.4 Å². The summed E-state index contributed by atoms with van der Waals surface area (Å²) in [6.45, 7) is 3.33. The van der Waals surface area contributed by atoms with Crippen LogP contribution < -0.4 is 10.6 Å². The monoisotopic (exact) mass is 414 g/mol. The Balaban J connectivity index is 1.25. The first kappa shape index (κ1) is 20.4. The smallest absolute Gasteiger partial charge is 0.226 e. The van der Waals surface area contributed by atoms with E-state index in [1.54, 1.807) is 13.3 Å². The number of hydrogen-bond donors (Lipinski definition) is 2. The van der Waals surface area contributed by atoms with Crippen LogP contribution in [0, 0.1) is 6.92 Å². The summed E-state index contributed by atoms with van der Waals surface area (Å²) in [6, 6.07) is 18.2. The molecule has 7 heteroatoms. The number of nitrogens with zero attached hydrogens (tertiary/aromatic N) is 4. The molecule has 4 aromatic rings. The number of guanidine groups is 1. The van der Waals surface area contributed by atoms with Crippen molar-refractivity contribution in [1.82, 2.24) is 25.4 Å². The van der Waals surface area contributed by atoms with Crippen LogP contribution in [0.4, 0.5) is 0 Å². The van der Waals surface area contributed by atoms with E-state index in [2.05, 4.69) is 38.8 Å². The molecule has 2 aromatic heterocycles. The summed E-state index contributed by atoms with van der Waals surface area (Å²) in [4.78, 5) is 8.83. The standard InChI is InChI=1S/C24H26N6O/c1-18-8-10-20(11-9-18)23-29-21(17-31-23)15-27-24(25-2)26-13-12-19-14-28-30(16-19)22-6-4-3-5-7-22/h3-11,14,16-17H,12-13,15H2,1-2H3,(H2,25,26,27). The van der Waals surface area contributed by atoms with Crippen molar-refractivity contribution in [2.24, 2.45) is 4.99 Å². The van der Waals surface area contributed by atoms with E-state index in [-0.39, 0.29) is 0 Å². The average molecular weight is 415 g/mol. The van der Waals surface area contributed by atoms with E-state index >= 15 is 0 Å². The normalized spacial score (nSPS) is 11.5. The van der Waals surface area contributed by atoms with E-state index in [0.717, 1.165) is 41.4 Å². The summed E-state index contributed by atoms with van der Waals surface area (Å²) in [5.41, 5.74) is 5.21. The molecule has 2 heterocycles. The number of nitrogens with one attached hydrogen (secondary N) is 2. The summed E-state index contributed by atoms with van der Waals surface area (Å²) in [5, 5.41) is 11.0. The fourth-order valence-corrected chi connectivity index (χ4v) is 3.15. The molecule has 158 valence electrons. The SMILES string of the molecule is CN=C(NCCc1cnn(-c2ccccc2)c1)NCc1coc(-c2ccc(C)cc2)n1. The lowest BCUT2D eigenvalue weighted by molar-refractivity contribution is 0.572. The Kier molecular flexibility index (Phi) is 6.42. The lowest BCUT2D eigenvalue weighted by atomic mass is 10.1. The zero-order valence-corrected chi connectivity index (χ0v) is 17.7. The molecule has 4 rings (SSSR count). The van der Waals surface area contributed by atoms with Gasteiger partial charge in [-0.05, 0) is 43.2 Å². The predicted molar refractivity (Wildman–Crippen MR) is 122 cm³/mol. The fraction of sp³-hybridized carbons (Fsp3) is 0.208. The van der Waals surface area contributed by atoms with Crippen LogP contribution >= 0.6 is 0 Å². The van der Waals surface area contributed by atoms with Gasteiger partial charge in [0.15, 0.2) is 5.96 Å². The molecule has 0 aliphatic heterocycles. The number of aromatic nitrogens is 3. The number of rotatable bonds is 7. The van der Waals surface area contributed by atoms with Crippen LogP contribution in [0.15, 0.2) is 82.7 Å². The highest BCUT2D eigenvalue weighted by Gasteiger charge is 2.08. The van der Waals surface area contributed by atoms with Crippen LogP contribution in [0.1, 0.15) is 16.8 Å². The minimum atomic E-state index is 0.529. The Hall–Kier alpha value is -3.87. The molecule has 0 saturated heterocycles. The van der Waals surface area contributed by atoms with Crippen LogP contribution in [0.5, 0.6) is 0 Å². The fourth-order valence-electron chi connectivity index (χ4n) is 3.15. The third kappa shape index (κ3) is 5.39. The number of benzene rings is 2. The Labute approximate surface area is 181 Å². The molecule has 2 N–H and O–H groups in total. The molecule has 0 amide bonds. The molecule has 0 bridgehead atoms. The molecule has 0 unspecified atom stereocenters. The van der Waals surface area contributed by atoms with Crippen molar-refractivity contribution in [2.75, 3.05) is 13.6 Å². The van der Waals surface area contributed by atoms with Crippen molar-refractivity contribution >= 4 is 5.96 Å². The highest BCUT2D eigenvalue weighted by molar-refractivity contribution is 5.79. The average Bonchev–Trinajstić information content (AvgIpc) is 3.47. The van der Waals surface area contributed by atoms with Gasteiger partial charge in [0.25, 0.3) is 0 Å². The Morgan fingerprint density at radius 1 is 1.06 bits per heavy atom. The van der Waals surface area contributed by atoms with Gasteiger partial charge in [0.1, 0.15) is 6.26 Å². The van der Waals surface area contributed by atoms with E-state index < -0.39 is 0 Å². The summed E-state index contributed by atoms with van der Waals surface area (Å²) >= 11 is 0. The maximum atomic E-state index is 5.61. The van der Waals surface area contributed by atoms with Crippen LogP contribution in [-0.4, -0.2) is 34.3 Å². The van der Waals surface area contributed by atoms with Gasteiger partial charge < -0.3 is 15.1 Å². The minimum Gasteiger partial charge on any atom is -0.444 e. The Morgan fingerprint density at radius 2 is 1.87 bits per heavy atom. The van der Waals surface area contributed by atoms with E-state index in [1.165, 1.54) is 5.56 Å². The topological polar surface area (TPSA) is 80.3 Å². The lowest BCUT2D eigenvalue weighted by Crippen LogP contribution is -2.37.